The molecular weight excluding hydrogens is 532 g/mol. The number of fused-ring (bicyclic) bond motifs is 2. The zero-order valence-electron chi connectivity index (χ0n) is 22.5. The standard InChI is InChI=1S/C30H27F2N5O4/c1-39-18-8-7-17(25(13-18)40-2)15-37-16-23-28(30(37)38)22(14-21(34-23)27-19(31)5-3-6-20(27)32)35-26-10-9-24-29(36-26)33-11-4-12-41-24/h3,5-10,13-14H,4,11-12,15-16H2,1-2H3,(H2,33,34,35,36). The van der Waals surface area contributed by atoms with Gasteiger partial charge < -0.3 is 29.7 Å². The molecule has 0 unspecified atom stereocenters. The molecule has 210 valence electrons. The first-order valence-corrected chi connectivity index (χ1v) is 13.1. The number of hydrogen-bond donors (Lipinski definition) is 2. The Balaban J connectivity index is 1.40. The van der Waals surface area contributed by atoms with E-state index >= 15 is 0 Å². The average molecular weight is 560 g/mol. The van der Waals surface area contributed by atoms with E-state index in [-0.39, 0.29) is 30.3 Å². The van der Waals surface area contributed by atoms with E-state index in [1.165, 1.54) is 24.3 Å². The second-order valence-electron chi connectivity index (χ2n) is 9.61. The van der Waals surface area contributed by atoms with Gasteiger partial charge in [-0.3, -0.25) is 4.79 Å². The van der Waals surface area contributed by atoms with Crippen molar-refractivity contribution in [1.82, 2.24) is 14.9 Å². The first-order chi connectivity index (χ1) is 19.9. The molecule has 0 spiro atoms. The maximum atomic E-state index is 14.8. The van der Waals surface area contributed by atoms with E-state index in [1.807, 2.05) is 6.07 Å². The van der Waals surface area contributed by atoms with Crippen LogP contribution in [0.1, 0.15) is 28.0 Å². The van der Waals surface area contributed by atoms with Crippen LogP contribution in [0.25, 0.3) is 11.3 Å². The third-order valence-electron chi connectivity index (χ3n) is 7.00. The first kappa shape index (κ1) is 26.3. The maximum Gasteiger partial charge on any atom is 0.258 e. The number of anilines is 3. The molecule has 0 atom stereocenters. The van der Waals surface area contributed by atoms with Gasteiger partial charge in [0.1, 0.15) is 29.0 Å². The minimum atomic E-state index is -0.753. The normalized spacial score (nSPS) is 14.0. The van der Waals surface area contributed by atoms with Crippen molar-refractivity contribution in [2.45, 2.75) is 19.5 Å². The fraction of sp³-hybridized carbons (Fsp3) is 0.233. The van der Waals surface area contributed by atoms with Gasteiger partial charge in [-0.2, -0.15) is 0 Å². The van der Waals surface area contributed by atoms with Gasteiger partial charge in [-0.25, -0.2) is 18.7 Å². The van der Waals surface area contributed by atoms with Crippen LogP contribution in [0.5, 0.6) is 17.2 Å². The lowest BCUT2D eigenvalue weighted by Gasteiger charge is -2.18. The Morgan fingerprint density at radius 1 is 1.02 bits per heavy atom. The lowest BCUT2D eigenvalue weighted by molar-refractivity contribution is 0.0766. The summed E-state index contributed by atoms with van der Waals surface area (Å²) in [4.78, 5) is 24.5. The van der Waals surface area contributed by atoms with Gasteiger partial charge in [-0.1, -0.05) is 6.07 Å². The molecule has 2 aromatic heterocycles. The van der Waals surface area contributed by atoms with Crippen molar-refractivity contribution in [2.24, 2.45) is 0 Å². The van der Waals surface area contributed by atoms with Gasteiger partial charge in [-0.15, -0.1) is 0 Å². The Kier molecular flexibility index (Phi) is 7.00. The second-order valence-corrected chi connectivity index (χ2v) is 9.61. The molecule has 0 aliphatic carbocycles. The van der Waals surface area contributed by atoms with Crippen LogP contribution in [-0.2, 0) is 13.1 Å². The van der Waals surface area contributed by atoms with Crippen molar-refractivity contribution in [3.63, 3.8) is 0 Å². The van der Waals surface area contributed by atoms with Crippen LogP contribution in [0, 0.1) is 11.6 Å². The molecule has 0 saturated carbocycles. The topological polar surface area (TPSA) is 97.8 Å². The molecule has 2 aromatic carbocycles. The van der Waals surface area contributed by atoms with Gasteiger partial charge in [0.15, 0.2) is 11.6 Å². The number of rotatable bonds is 7. The number of carbonyl (C=O) groups is 1. The predicted octanol–water partition coefficient (Wildman–Crippen LogP) is 5.53. The highest BCUT2D eigenvalue weighted by molar-refractivity contribution is 6.04. The van der Waals surface area contributed by atoms with Crippen LogP contribution in [0.15, 0.2) is 54.6 Å². The number of pyridine rings is 2. The van der Waals surface area contributed by atoms with Crippen LogP contribution < -0.4 is 24.8 Å². The summed E-state index contributed by atoms with van der Waals surface area (Å²) in [5.41, 5.74) is 1.59. The number of carbonyl (C=O) groups excluding carboxylic acids is 1. The highest BCUT2D eigenvalue weighted by atomic mass is 19.1. The van der Waals surface area contributed by atoms with Gasteiger partial charge in [0, 0.05) is 18.2 Å². The fourth-order valence-corrected chi connectivity index (χ4v) is 5.00. The summed E-state index contributed by atoms with van der Waals surface area (Å²) in [5.74, 6) is 1.02. The van der Waals surface area contributed by atoms with Crippen LogP contribution in [0.3, 0.4) is 0 Å². The molecule has 0 fully saturated rings. The van der Waals surface area contributed by atoms with E-state index in [9.17, 15) is 13.6 Å². The average Bonchev–Trinajstić information content (AvgIpc) is 3.12. The van der Waals surface area contributed by atoms with E-state index in [0.717, 1.165) is 12.0 Å². The van der Waals surface area contributed by atoms with Gasteiger partial charge >= 0.3 is 0 Å². The molecule has 2 aliphatic rings. The number of methoxy groups -OCH3 is 2. The van der Waals surface area contributed by atoms with Gasteiger partial charge in [-0.05, 0) is 48.9 Å². The van der Waals surface area contributed by atoms with Crippen LogP contribution >= 0.6 is 0 Å². The molecule has 0 radical (unpaired) electrons. The van der Waals surface area contributed by atoms with Crippen molar-refractivity contribution >= 4 is 23.2 Å². The molecule has 0 bridgehead atoms. The Bertz CT molecular complexity index is 1630. The molecule has 6 rings (SSSR count). The number of benzene rings is 2. The maximum absolute atomic E-state index is 14.8. The number of ether oxygens (including phenoxy) is 3. The minimum Gasteiger partial charge on any atom is -0.497 e. The Morgan fingerprint density at radius 2 is 1.85 bits per heavy atom. The van der Waals surface area contributed by atoms with Gasteiger partial charge in [0.25, 0.3) is 5.91 Å². The third-order valence-corrected chi connectivity index (χ3v) is 7.00. The molecule has 4 aromatic rings. The second kappa shape index (κ2) is 10.9. The molecule has 2 N–H and O–H groups in total. The molecule has 2 aliphatic heterocycles. The van der Waals surface area contributed by atoms with Crippen LogP contribution in [0.2, 0.25) is 0 Å². The summed E-state index contributed by atoms with van der Waals surface area (Å²) >= 11 is 0. The Labute approximate surface area is 235 Å². The summed E-state index contributed by atoms with van der Waals surface area (Å²) in [7, 11) is 3.11. The molecular formula is C30H27F2N5O4. The van der Waals surface area contributed by atoms with E-state index in [0.29, 0.717) is 59.0 Å². The van der Waals surface area contributed by atoms with Gasteiger partial charge in [0.05, 0.1) is 62.1 Å². The summed E-state index contributed by atoms with van der Waals surface area (Å²) in [6, 6.07) is 14.0. The Morgan fingerprint density at radius 3 is 2.63 bits per heavy atom. The van der Waals surface area contributed by atoms with E-state index in [4.69, 9.17) is 14.2 Å². The monoisotopic (exact) mass is 559 g/mol. The number of hydrogen-bond acceptors (Lipinski definition) is 8. The molecule has 9 nitrogen and oxygen atoms in total. The highest BCUT2D eigenvalue weighted by Crippen LogP contribution is 2.37. The predicted molar refractivity (Wildman–Crippen MR) is 149 cm³/mol. The van der Waals surface area contributed by atoms with Crippen molar-refractivity contribution in [3.8, 4) is 28.5 Å². The zero-order chi connectivity index (χ0) is 28.5. The largest absolute Gasteiger partial charge is 0.497 e. The minimum absolute atomic E-state index is 0.0646. The molecule has 0 saturated heterocycles. The number of nitrogens with one attached hydrogen (secondary N) is 2. The molecule has 1 amide bonds. The highest BCUT2D eigenvalue weighted by Gasteiger charge is 2.34. The first-order valence-electron chi connectivity index (χ1n) is 13.1. The van der Waals surface area contributed by atoms with Crippen molar-refractivity contribution in [3.05, 3.63) is 83.1 Å². The number of amides is 1. The van der Waals surface area contributed by atoms with Gasteiger partial charge in [0.2, 0.25) is 0 Å². The van der Waals surface area contributed by atoms with E-state index < -0.39 is 11.6 Å². The summed E-state index contributed by atoms with van der Waals surface area (Å²) in [6.45, 7) is 1.64. The number of aromatic nitrogens is 2. The fourth-order valence-electron chi connectivity index (χ4n) is 5.00. The van der Waals surface area contributed by atoms with Crippen molar-refractivity contribution < 1.29 is 27.8 Å². The smallest absolute Gasteiger partial charge is 0.258 e. The molecule has 41 heavy (non-hydrogen) atoms. The number of nitrogens with zero attached hydrogens (tertiary/aromatic N) is 3. The van der Waals surface area contributed by atoms with Crippen LogP contribution in [-0.4, -0.2) is 48.1 Å². The van der Waals surface area contributed by atoms with E-state index in [1.54, 1.807) is 43.4 Å². The Hall–Kier alpha value is -4.93. The summed E-state index contributed by atoms with van der Waals surface area (Å²) < 4.78 is 46.2. The zero-order valence-corrected chi connectivity index (χ0v) is 22.5. The summed E-state index contributed by atoms with van der Waals surface area (Å²) in [6.07, 6.45) is 0.831. The summed E-state index contributed by atoms with van der Waals surface area (Å²) in [5, 5.41) is 6.43. The van der Waals surface area contributed by atoms with Crippen molar-refractivity contribution in [1.29, 1.82) is 0 Å². The SMILES string of the molecule is COc1ccc(CN2Cc3nc(-c4c(F)cccc4F)cc(Nc4ccc5c(n4)NCCCO5)c3C2=O)c(OC)c1. The molecule has 4 heterocycles. The van der Waals surface area contributed by atoms with E-state index in [2.05, 4.69) is 20.6 Å². The van der Waals surface area contributed by atoms with Crippen molar-refractivity contribution in [2.75, 3.05) is 38.0 Å². The van der Waals surface area contributed by atoms with Crippen LogP contribution in [0.4, 0.5) is 26.1 Å². The lowest BCUT2D eigenvalue weighted by Crippen LogP contribution is -2.24. The third kappa shape index (κ3) is 5.06. The lowest BCUT2D eigenvalue weighted by atomic mass is 10.1. The molecule has 11 heteroatoms. The quantitative estimate of drug-likeness (QED) is 0.305. The number of halogens is 2.